The Balaban J connectivity index is 1.76. The molecule has 4 atom stereocenters. The number of benzene rings is 1. The van der Waals surface area contributed by atoms with Crippen molar-refractivity contribution in [2.75, 3.05) is 0 Å². The number of hydrogen-bond acceptors (Lipinski definition) is 2. The lowest BCUT2D eigenvalue weighted by molar-refractivity contribution is -0.0836. The highest BCUT2D eigenvalue weighted by molar-refractivity contribution is 5.54. The summed E-state index contributed by atoms with van der Waals surface area (Å²) < 4.78 is 13.1. The van der Waals surface area contributed by atoms with Crippen LogP contribution < -0.4 is 9.47 Å². The van der Waals surface area contributed by atoms with Gasteiger partial charge in [-0.15, -0.1) is 0 Å². The van der Waals surface area contributed by atoms with Crippen molar-refractivity contribution < 1.29 is 9.47 Å². The molecule has 1 saturated carbocycles. The van der Waals surface area contributed by atoms with E-state index in [4.69, 9.17) is 9.47 Å². The van der Waals surface area contributed by atoms with Crippen LogP contribution in [-0.4, -0.2) is 11.2 Å². The second-order valence-corrected chi connectivity index (χ2v) is 8.92. The quantitative estimate of drug-likeness (QED) is 0.641. The van der Waals surface area contributed by atoms with Crippen molar-refractivity contribution in [1.29, 1.82) is 0 Å². The molecule has 2 heteroatoms. The molecule has 1 aromatic carbocycles. The summed E-state index contributed by atoms with van der Waals surface area (Å²) in [6.45, 7) is 11.1. The van der Waals surface area contributed by atoms with E-state index in [0.717, 1.165) is 37.2 Å². The fourth-order valence-corrected chi connectivity index (χ4v) is 5.24. The lowest BCUT2D eigenvalue weighted by Crippen LogP contribution is -2.55. The molecule has 2 heterocycles. The molecule has 1 aliphatic carbocycles. The van der Waals surface area contributed by atoms with Crippen molar-refractivity contribution in [3.05, 3.63) is 34.9 Å². The van der Waals surface area contributed by atoms with E-state index in [1.54, 1.807) is 0 Å². The van der Waals surface area contributed by atoms with Gasteiger partial charge in [-0.3, -0.25) is 0 Å². The van der Waals surface area contributed by atoms with Crippen molar-refractivity contribution in [3.63, 3.8) is 0 Å². The minimum absolute atomic E-state index is 0.0113. The number of aryl methyl sites for hydroxylation is 1. The SMILES string of the molecule is CC(C)=CCCC1(C)Oc2cc(C)cc3c2C2CC(C)(CCC21)O3. The molecule has 4 rings (SSSR count). The van der Waals surface area contributed by atoms with E-state index in [1.165, 1.54) is 23.1 Å². The van der Waals surface area contributed by atoms with Crippen LogP contribution in [0.2, 0.25) is 0 Å². The van der Waals surface area contributed by atoms with Gasteiger partial charge in [-0.1, -0.05) is 11.6 Å². The smallest absolute Gasteiger partial charge is 0.127 e. The van der Waals surface area contributed by atoms with Gasteiger partial charge >= 0.3 is 0 Å². The molecule has 2 aliphatic heterocycles. The molecule has 0 aromatic heterocycles. The van der Waals surface area contributed by atoms with Gasteiger partial charge in [0, 0.05) is 17.4 Å². The fourth-order valence-electron chi connectivity index (χ4n) is 5.24. The van der Waals surface area contributed by atoms with Gasteiger partial charge in [0.1, 0.15) is 22.7 Å². The van der Waals surface area contributed by atoms with Gasteiger partial charge in [0.15, 0.2) is 0 Å². The molecule has 0 radical (unpaired) electrons. The van der Waals surface area contributed by atoms with E-state index in [0.29, 0.717) is 11.8 Å². The molecular weight excluding hydrogens is 296 g/mol. The molecule has 3 aliphatic rings. The zero-order valence-corrected chi connectivity index (χ0v) is 15.7. The maximum absolute atomic E-state index is 6.68. The van der Waals surface area contributed by atoms with Crippen LogP contribution in [0.4, 0.5) is 0 Å². The third kappa shape index (κ3) is 2.46. The third-order valence-corrected chi connectivity index (χ3v) is 6.42. The van der Waals surface area contributed by atoms with E-state index < -0.39 is 0 Å². The summed E-state index contributed by atoms with van der Waals surface area (Å²) in [6.07, 6.45) is 8.03. The standard InChI is InChI=1S/C22H30O2/c1-14(2)7-6-9-22(5)17-8-10-21(4)13-16(17)20-18(23-21)11-15(3)12-19(20)24-22/h7,11-12,16-17H,6,8-10,13H2,1-5H3. The number of hydrogen-bond donors (Lipinski definition) is 0. The van der Waals surface area contributed by atoms with E-state index in [9.17, 15) is 0 Å². The van der Waals surface area contributed by atoms with Gasteiger partial charge in [0.2, 0.25) is 0 Å². The topological polar surface area (TPSA) is 18.5 Å². The summed E-state index contributed by atoms with van der Waals surface area (Å²) in [4.78, 5) is 0. The van der Waals surface area contributed by atoms with Crippen LogP contribution in [0.15, 0.2) is 23.8 Å². The van der Waals surface area contributed by atoms with Gasteiger partial charge in [-0.2, -0.15) is 0 Å². The van der Waals surface area contributed by atoms with Gasteiger partial charge in [0.25, 0.3) is 0 Å². The maximum Gasteiger partial charge on any atom is 0.127 e. The minimum atomic E-state index is -0.0622. The Morgan fingerprint density at radius 2 is 1.92 bits per heavy atom. The highest BCUT2D eigenvalue weighted by Gasteiger charge is 2.55. The van der Waals surface area contributed by atoms with Crippen molar-refractivity contribution in [1.82, 2.24) is 0 Å². The largest absolute Gasteiger partial charge is 0.487 e. The first-order valence-corrected chi connectivity index (χ1v) is 9.46. The Morgan fingerprint density at radius 3 is 2.62 bits per heavy atom. The van der Waals surface area contributed by atoms with Crippen LogP contribution in [0, 0.1) is 12.8 Å². The normalized spacial score (nSPS) is 35.7. The molecule has 2 bridgehead atoms. The first kappa shape index (κ1) is 16.1. The van der Waals surface area contributed by atoms with Gasteiger partial charge in [-0.05, 0) is 84.4 Å². The van der Waals surface area contributed by atoms with Gasteiger partial charge < -0.3 is 9.47 Å². The van der Waals surface area contributed by atoms with Crippen LogP contribution in [0.1, 0.15) is 76.8 Å². The van der Waals surface area contributed by atoms with Crippen molar-refractivity contribution in [2.45, 2.75) is 83.8 Å². The molecule has 2 nitrogen and oxygen atoms in total. The van der Waals surface area contributed by atoms with Crippen molar-refractivity contribution in [3.8, 4) is 11.5 Å². The van der Waals surface area contributed by atoms with Crippen LogP contribution >= 0.6 is 0 Å². The average molecular weight is 326 g/mol. The van der Waals surface area contributed by atoms with E-state index in [2.05, 4.69) is 52.8 Å². The first-order chi connectivity index (χ1) is 11.3. The predicted molar refractivity (Wildman–Crippen MR) is 98.0 cm³/mol. The average Bonchev–Trinajstić information content (AvgIpc) is 2.44. The molecular formula is C22H30O2. The highest BCUT2D eigenvalue weighted by atomic mass is 16.5. The highest BCUT2D eigenvalue weighted by Crippen LogP contribution is 2.61. The van der Waals surface area contributed by atoms with Crippen molar-refractivity contribution >= 4 is 0 Å². The molecule has 0 amide bonds. The fraction of sp³-hybridized carbons (Fsp3) is 0.636. The Morgan fingerprint density at radius 1 is 1.21 bits per heavy atom. The summed E-state index contributed by atoms with van der Waals surface area (Å²) in [5, 5.41) is 0. The zero-order valence-electron chi connectivity index (χ0n) is 15.7. The molecule has 24 heavy (non-hydrogen) atoms. The summed E-state index contributed by atoms with van der Waals surface area (Å²) in [5.41, 5.74) is 3.93. The Labute approximate surface area is 146 Å². The van der Waals surface area contributed by atoms with Crippen molar-refractivity contribution in [2.24, 2.45) is 5.92 Å². The number of allylic oxidation sites excluding steroid dienone is 2. The summed E-state index contributed by atoms with van der Waals surface area (Å²) >= 11 is 0. The predicted octanol–water partition coefficient (Wildman–Crippen LogP) is 5.93. The monoisotopic (exact) mass is 326 g/mol. The molecule has 130 valence electrons. The Kier molecular flexibility index (Phi) is 3.53. The second kappa shape index (κ2) is 5.28. The summed E-state index contributed by atoms with van der Waals surface area (Å²) in [5.74, 6) is 3.36. The molecule has 0 N–H and O–H groups in total. The summed E-state index contributed by atoms with van der Waals surface area (Å²) in [7, 11) is 0. The van der Waals surface area contributed by atoms with E-state index in [-0.39, 0.29) is 11.2 Å². The lowest BCUT2D eigenvalue weighted by atomic mass is 9.60. The van der Waals surface area contributed by atoms with Crippen LogP contribution in [0.25, 0.3) is 0 Å². The molecule has 0 spiro atoms. The van der Waals surface area contributed by atoms with Crippen LogP contribution in [-0.2, 0) is 0 Å². The Hall–Kier alpha value is -1.44. The molecule has 0 saturated heterocycles. The number of fused-ring (bicyclic) bond motifs is 1. The third-order valence-electron chi connectivity index (χ3n) is 6.42. The molecule has 1 aromatic rings. The first-order valence-electron chi connectivity index (χ1n) is 9.46. The van der Waals surface area contributed by atoms with Crippen LogP contribution in [0.5, 0.6) is 11.5 Å². The molecule has 4 unspecified atom stereocenters. The second-order valence-electron chi connectivity index (χ2n) is 8.92. The maximum atomic E-state index is 6.68. The summed E-state index contributed by atoms with van der Waals surface area (Å²) in [6, 6.07) is 4.43. The number of rotatable bonds is 3. The van der Waals surface area contributed by atoms with Gasteiger partial charge in [-0.25, -0.2) is 0 Å². The Bertz CT molecular complexity index is 700. The number of ether oxygens (including phenoxy) is 2. The lowest BCUT2D eigenvalue weighted by Gasteiger charge is -2.56. The van der Waals surface area contributed by atoms with Gasteiger partial charge in [0.05, 0.1) is 0 Å². The van der Waals surface area contributed by atoms with E-state index in [1.807, 2.05) is 0 Å². The van der Waals surface area contributed by atoms with Crippen LogP contribution in [0.3, 0.4) is 0 Å². The molecule has 1 fully saturated rings. The zero-order chi connectivity index (χ0) is 17.1. The van der Waals surface area contributed by atoms with E-state index >= 15 is 0 Å². The minimum Gasteiger partial charge on any atom is -0.487 e.